The molecule has 5 heteroatoms. The topological polar surface area (TPSA) is 32.3 Å². The Kier molecular flexibility index (Phi) is 7.83. The van der Waals surface area contributed by atoms with E-state index in [1.54, 1.807) is 12.1 Å². The maximum Gasteiger partial charge on any atom is 0.223 e. The Balaban J connectivity index is 0.00000242. The highest BCUT2D eigenvalue weighted by atomic mass is 35.5. The fraction of sp³-hybridized carbons (Fsp3) is 0.588. The van der Waals surface area contributed by atoms with Gasteiger partial charge in [0.2, 0.25) is 5.91 Å². The molecule has 0 bridgehead atoms. The van der Waals surface area contributed by atoms with Crippen LogP contribution in [0.15, 0.2) is 24.3 Å². The van der Waals surface area contributed by atoms with Crippen molar-refractivity contribution >= 4 is 18.3 Å². The molecule has 1 aliphatic heterocycles. The average Bonchev–Trinajstić information content (AvgIpc) is 2.49. The van der Waals surface area contributed by atoms with Crippen molar-refractivity contribution in [1.82, 2.24) is 10.2 Å². The molecule has 1 fully saturated rings. The van der Waals surface area contributed by atoms with Crippen LogP contribution in [0.3, 0.4) is 0 Å². The van der Waals surface area contributed by atoms with Crippen LogP contribution in [0, 0.1) is 11.7 Å². The smallest absolute Gasteiger partial charge is 0.223 e. The maximum atomic E-state index is 13.0. The van der Waals surface area contributed by atoms with E-state index in [9.17, 15) is 9.18 Å². The van der Waals surface area contributed by atoms with E-state index in [0.29, 0.717) is 18.9 Å². The van der Waals surface area contributed by atoms with Gasteiger partial charge in [0.15, 0.2) is 0 Å². The van der Waals surface area contributed by atoms with Crippen molar-refractivity contribution in [3.8, 4) is 0 Å². The van der Waals surface area contributed by atoms with Crippen LogP contribution in [0.2, 0.25) is 0 Å². The lowest BCUT2D eigenvalue weighted by Crippen LogP contribution is -2.36. The summed E-state index contributed by atoms with van der Waals surface area (Å²) in [5, 5.41) is 3.32. The quantitative estimate of drug-likeness (QED) is 0.896. The first-order valence-electron chi connectivity index (χ1n) is 7.87. The number of benzene rings is 1. The number of rotatable bonds is 5. The predicted octanol–water partition coefficient (Wildman–Crippen LogP) is 3.55. The second-order valence-electron chi connectivity index (χ2n) is 5.80. The molecule has 2 rings (SSSR count). The molecule has 0 aliphatic carbocycles. The molecule has 0 saturated carbocycles. The Bertz CT molecular complexity index is 460. The van der Waals surface area contributed by atoms with E-state index in [4.69, 9.17) is 0 Å². The van der Waals surface area contributed by atoms with Crippen LogP contribution in [0.1, 0.15) is 44.7 Å². The van der Waals surface area contributed by atoms with Gasteiger partial charge in [0.05, 0.1) is 6.04 Å². The Morgan fingerprint density at radius 3 is 2.45 bits per heavy atom. The van der Waals surface area contributed by atoms with Crippen LogP contribution in [-0.2, 0) is 4.79 Å². The molecule has 124 valence electrons. The third-order valence-electron chi connectivity index (χ3n) is 4.40. The third kappa shape index (κ3) is 4.96. The highest BCUT2D eigenvalue weighted by Gasteiger charge is 2.24. The second-order valence-corrected chi connectivity index (χ2v) is 5.80. The van der Waals surface area contributed by atoms with Gasteiger partial charge in [-0.25, -0.2) is 4.39 Å². The molecule has 1 aromatic rings. The van der Waals surface area contributed by atoms with Crippen molar-refractivity contribution in [3.05, 3.63) is 35.6 Å². The number of nitrogens with zero attached hydrogens (tertiary/aromatic N) is 1. The van der Waals surface area contributed by atoms with Gasteiger partial charge in [-0.05, 0) is 63.4 Å². The molecule has 0 spiro atoms. The van der Waals surface area contributed by atoms with Crippen LogP contribution in [-0.4, -0.2) is 30.4 Å². The lowest BCUT2D eigenvalue weighted by Gasteiger charge is -2.31. The van der Waals surface area contributed by atoms with Crippen molar-refractivity contribution in [3.63, 3.8) is 0 Å². The average molecular weight is 329 g/mol. The van der Waals surface area contributed by atoms with Gasteiger partial charge in [-0.15, -0.1) is 12.4 Å². The molecule has 1 N–H and O–H groups in total. The first-order chi connectivity index (χ1) is 10.1. The van der Waals surface area contributed by atoms with Gasteiger partial charge < -0.3 is 10.2 Å². The van der Waals surface area contributed by atoms with E-state index in [1.165, 1.54) is 12.1 Å². The standard InChI is InChI=1S/C17H25FN2O.ClH/c1-3-20(13(2)15-4-6-16(18)7-5-15)17(21)12-14-8-10-19-11-9-14;/h4-7,13-14,19H,3,8-12H2,1-2H3;1H. The number of hydrogen-bond donors (Lipinski definition) is 1. The van der Waals surface area contributed by atoms with E-state index in [2.05, 4.69) is 5.32 Å². The highest BCUT2D eigenvalue weighted by molar-refractivity contribution is 5.85. The number of halogens is 2. The van der Waals surface area contributed by atoms with Crippen molar-refractivity contribution < 1.29 is 9.18 Å². The van der Waals surface area contributed by atoms with Crippen LogP contribution in [0.4, 0.5) is 4.39 Å². The Labute approximate surface area is 138 Å². The van der Waals surface area contributed by atoms with Gasteiger partial charge in [0.25, 0.3) is 0 Å². The van der Waals surface area contributed by atoms with Gasteiger partial charge in [0, 0.05) is 13.0 Å². The molecule has 0 aromatic heterocycles. The van der Waals surface area contributed by atoms with E-state index >= 15 is 0 Å². The van der Waals surface area contributed by atoms with Gasteiger partial charge >= 0.3 is 0 Å². The summed E-state index contributed by atoms with van der Waals surface area (Å²) in [4.78, 5) is 14.5. The first-order valence-corrected chi connectivity index (χ1v) is 7.87. The monoisotopic (exact) mass is 328 g/mol. The minimum atomic E-state index is -0.241. The predicted molar refractivity (Wildman–Crippen MR) is 89.7 cm³/mol. The molecule has 1 saturated heterocycles. The van der Waals surface area contributed by atoms with Crippen molar-refractivity contribution in [1.29, 1.82) is 0 Å². The van der Waals surface area contributed by atoms with Crippen molar-refractivity contribution in [2.75, 3.05) is 19.6 Å². The molecule has 3 nitrogen and oxygen atoms in total. The zero-order valence-electron chi connectivity index (χ0n) is 13.3. The van der Waals surface area contributed by atoms with E-state index in [-0.39, 0.29) is 30.2 Å². The summed E-state index contributed by atoms with van der Waals surface area (Å²) in [6.45, 7) is 6.72. The summed E-state index contributed by atoms with van der Waals surface area (Å²) in [7, 11) is 0. The Morgan fingerprint density at radius 2 is 1.91 bits per heavy atom. The number of carbonyl (C=O) groups is 1. The zero-order chi connectivity index (χ0) is 15.2. The lowest BCUT2D eigenvalue weighted by molar-refractivity contribution is -0.134. The molecular formula is C17H26ClFN2O. The molecule has 1 aliphatic rings. The number of amides is 1. The van der Waals surface area contributed by atoms with Crippen LogP contribution < -0.4 is 5.32 Å². The second kappa shape index (κ2) is 9.11. The normalized spacial score (nSPS) is 16.7. The fourth-order valence-corrected chi connectivity index (χ4v) is 3.04. The summed E-state index contributed by atoms with van der Waals surface area (Å²) in [6, 6.07) is 6.43. The number of hydrogen-bond acceptors (Lipinski definition) is 2. The maximum absolute atomic E-state index is 13.0. The van der Waals surface area contributed by atoms with Gasteiger partial charge in [0.1, 0.15) is 5.82 Å². The number of nitrogens with one attached hydrogen (secondary N) is 1. The Hall–Kier alpha value is -1.13. The van der Waals surface area contributed by atoms with Gasteiger partial charge in [-0.2, -0.15) is 0 Å². The lowest BCUT2D eigenvalue weighted by atomic mass is 9.93. The summed E-state index contributed by atoms with van der Waals surface area (Å²) in [6.07, 6.45) is 2.78. The van der Waals surface area contributed by atoms with E-state index in [1.807, 2.05) is 18.7 Å². The van der Waals surface area contributed by atoms with Crippen molar-refractivity contribution in [2.45, 2.75) is 39.2 Å². The number of piperidine rings is 1. The molecule has 1 unspecified atom stereocenters. The summed E-state index contributed by atoms with van der Waals surface area (Å²) in [5.74, 6) is 0.462. The van der Waals surface area contributed by atoms with E-state index in [0.717, 1.165) is 31.5 Å². The molecule has 1 atom stereocenters. The molecular weight excluding hydrogens is 303 g/mol. The van der Waals surface area contributed by atoms with Gasteiger partial charge in [-0.3, -0.25) is 4.79 Å². The summed E-state index contributed by atoms with van der Waals surface area (Å²) < 4.78 is 13.0. The minimum absolute atomic E-state index is 0. The highest BCUT2D eigenvalue weighted by Crippen LogP contribution is 2.24. The molecule has 0 radical (unpaired) electrons. The largest absolute Gasteiger partial charge is 0.336 e. The van der Waals surface area contributed by atoms with Crippen molar-refractivity contribution in [2.24, 2.45) is 5.92 Å². The fourth-order valence-electron chi connectivity index (χ4n) is 3.04. The summed E-state index contributed by atoms with van der Waals surface area (Å²) >= 11 is 0. The third-order valence-corrected chi connectivity index (χ3v) is 4.40. The van der Waals surface area contributed by atoms with Crippen LogP contribution in [0.25, 0.3) is 0 Å². The van der Waals surface area contributed by atoms with E-state index < -0.39 is 0 Å². The number of carbonyl (C=O) groups excluding carboxylic acids is 1. The van der Waals surface area contributed by atoms with Crippen LogP contribution in [0.5, 0.6) is 0 Å². The van der Waals surface area contributed by atoms with Crippen LogP contribution >= 0.6 is 12.4 Å². The zero-order valence-corrected chi connectivity index (χ0v) is 14.2. The Morgan fingerprint density at radius 1 is 1.32 bits per heavy atom. The molecule has 1 heterocycles. The van der Waals surface area contributed by atoms with Gasteiger partial charge in [-0.1, -0.05) is 12.1 Å². The first kappa shape index (κ1) is 18.9. The molecule has 1 aromatic carbocycles. The minimum Gasteiger partial charge on any atom is -0.336 e. The SMILES string of the molecule is CCN(C(=O)CC1CCNCC1)C(C)c1ccc(F)cc1.Cl. The summed E-state index contributed by atoms with van der Waals surface area (Å²) in [5.41, 5.74) is 0.983. The molecule has 22 heavy (non-hydrogen) atoms. The molecule has 1 amide bonds.